The summed E-state index contributed by atoms with van der Waals surface area (Å²) in [5, 5.41) is 14.4. The molecule has 3 unspecified atom stereocenters. The van der Waals surface area contributed by atoms with Crippen molar-refractivity contribution in [2.24, 2.45) is 11.8 Å². The number of amides is 2. The Morgan fingerprint density at radius 3 is 2.63 bits per heavy atom. The third-order valence-electron chi connectivity index (χ3n) is 3.95. The zero-order chi connectivity index (χ0) is 14.3. The van der Waals surface area contributed by atoms with E-state index >= 15 is 0 Å². The van der Waals surface area contributed by atoms with Gasteiger partial charge in [0.2, 0.25) is 0 Å². The lowest BCUT2D eigenvalue weighted by atomic mass is 10.0. The number of urea groups is 1. The number of hydrogen-bond donors (Lipinski definition) is 3. The van der Waals surface area contributed by atoms with Gasteiger partial charge in [0.05, 0.1) is 0 Å². The Hall–Kier alpha value is -1.26. The number of aliphatic carboxylic acids is 1. The van der Waals surface area contributed by atoms with Crippen LogP contribution in [0, 0.1) is 11.8 Å². The van der Waals surface area contributed by atoms with Crippen LogP contribution in [-0.2, 0) is 4.79 Å². The number of carbonyl (C=O) groups excluding carboxylic acids is 1. The summed E-state index contributed by atoms with van der Waals surface area (Å²) in [6.45, 7) is 4.79. The molecule has 3 N–H and O–H groups in total. The predicted octanol–water partition coefficient (Wildman–Crippen LogP) is 2.37. The molecule has 0 aromatic rings. The van der Waals surface area contributed by atoms with Crippen molar-refractivity contribution in [1.82, 2.24) is 10.6 Å². The number of carboxylic acid groups (broad SMARTS) is 1. The van der Waals surface area contributed by atoms with Gasteiger partial charge in [-0.3, -0.25) is 4.79 Å². The third-order valence-corrected chi connectivity index (χ3v) is 3.95. The second-order valence-corrected chi connectivity index (χ2v) is 5.74. The largest absolute Gasteiger partial charge is 0.481 e. The SMILES string of the molecule is CC(CCNC(=O)NC1CCCC1C)CCC(=O)O. The number of rotatable bonds is 7. The molecule has 19 heavy (non-hydrogen) atoms. The molecule has 0 saturated heterocycles. The molecule has 0 aliphatic heterocycles. The average molecular weight is 270 g/mol. The monoisotopic (exact) mass is 270 g/mol. The summed E-state index contributed by atoms with van der Waals surface area (Å²) < 4.78 is 0. The molecule has 5 nitrogen and oxygen atoms in total. The fourth-order valence-corrected chi connectivity index (χ4v) is 2.53. The Balaban J connectivity index is 2.08. The summed E-state index contributed by atoms with van der Waals surface area (Å²) in [7, 11) is 0. The van der Waals surface area contributed by atoms with Crippen molar-refractivity contribution in [1.29, 1.82) is 0 Å². The van der Waals surface area contributed by atoms with E-state index in [2.05, 4.69) is 17.6 Å². The van der Waals surface area contributed by atoms with Gasteiger partial charge < -0.3 is 15.7 Å². The van der Waals surface area contributed by atoms with Gasteiger partial charge in [-0.1, -0.05) is 20.3 Å². The van der Waals surface area contributed by atoms with Crippen LogP contribution in [-0.4, -0.2) is 29.7 Å². The summed E-state index contributed by atoms with van der Waals surface area (Å²) in [6, 6.07) is 0.216. The Bertz CT molecular complexity index is 307. The predicted molar refractivity (Wildman–Crippen MR) is 74.0 cm³/mol. The maximum Gasteiger partial charge on any atom is 0.315 e. The highest BCUT2D eigenvalue weighted by atomic mass is 16.4. The van der Waals surface area contributed by atoms with Crippen molar-refractivity contribution in [3.63, 3.8) is 0 Å². The molecule has 1 rings (SSSR count). The molecule has 0 bridgehead atoms. The standard InChI is InChI=1S/C14H26N2O3/c1-10(6-7-13(17)18)8-9-15-14(19)16-12-5-3-4-11(12)2/h10-12H,3-9H2,1-2H3,(H,17,18)(H2,15,16,19). The summed E-state index contributed by atoms with van der Waals surface area (Å²) in [5.41, 5.74) is 0. The molecule has 2 amide bonds. The number of hydrogen-bond acceptors (Lipinski definition) is 2. The van der Waals surface area contributed by atoms with Crippen LogP contribution in [0.25, 0.3) is 0 Å². The van der Waals surface area contributed by atoms with Crippen LogP contribution in [0.2, 0.25) is 0 Å². The zero-order valence-corrected chi connectivity index (χ0v) is 11.9. The van der Waals surface area contributed by atoms with Crippen LogP contribution in [0.15, 0.2) is 0 Å². The first kappa shape index (κ1) is 15.8. The van der Waals surface area contributed by atoms with Gasteiger partial charge in [0, 0.05) is 19.0 Å². The lowest BCUT2D eigenvalue weighted by Gasteiger charge is -2.18. The van der Waals surface area contributed by atoms with Crippen LogP contribution in [0.3, 0.4) is 0 Å². The molecule has 1 aliphatic rings. The molecular weight excluding hydrogens is 244 g/mol. The van der Waals surface area contributed by atoms with Crippen molar-refractivity contribution in [2.75, 3.05) is 6.54 Å². The van der Waals surface area contributed by atoms with E-state index in [1.807, 2.05) is 6.92 Å². The second kappa shape index (κ2) is 8.02. The minimum absolute atomic E-state index is 0.0933. The molecule has 0 spiro atoms. The van der Waals surface area contributed by atoms with Crippen LogP contribution in [0.1, 0.15) is 52.4 Å². The maximum atomic E-state index is 11.7. The van der Waals surface area contributed by atoms with Gasteiger partial charge in [0.1, 0.15) is 0 Å². The fraction of sp³-hybridized carbons (Fsp3) is 0.857. The van der Waals surface area contributed by atoms with Crippen molar-refractivity contribution >= 4 is 12.0 Å². The van der Waals surface area contributed by atoms with Crippen LogP contribution < -0.4 is 10.6 Å². The molecule has 0 aromatic carbocycles. The van der Waals surface area contributed by atoms with Gasteiger partial charge >= 0.3 is 12.0 Å². The Kier molecular flexibility index (Phi) is 6.67. The smallest absolute Gasteiger partial charge is 0.315 e. The molecular formula is C14H26N2O3. The zero-order valence-electron chi connectivity index (χ0n) is 11.9. The molecule has 0 radical (unpaired) electrons. The molecule has 110 valence electrons. The van der Waals surface area contributed by atoms with Gasteiger partial charge in [0.25, 0.3) is 0 Å². The minimum atomic E-state index is -0.757. The van der Waals surface area contributed by atoms with E-state index in [0.717, 1.165) is 12.8 Å². The van der Waals surface area contributed by atoms with Gasteiger partial charge in [0.15, 0.2) is 0 Å². The topological polar surface area (TPSA) is 78.4 Å². The number of carbonyl (C=O) groups is 2. The summed E-state index contributed by atoms with van der Waals surface area (Å²) in [6.07, 6.45) is 5.14. The highest BCUT2D eigenvalue weighted by Crippen LogP contribution is 2.24. The van der Waals surface area contributed by atoms with E-state index in [4.69, 9.17) is 5.11 Å². The van der Waals surface area contributed by atoms with Gasteiger partial charge in [-0.2, -0.15) is 0 Å². The highest BCUT2D eigenvalue weighted by molar-refractivity contribution is 5.74. The Morgan fingerprint density at radius 2 is 2.05 bits per heavy atom. The van der Waals surface area contributed by atoms with E-state index in [1.165, 1.54) is 12.8 Å². The van der Waals surface area contributed by atoms with Crippen LogP contribution in [0.4, 0.5) is 4.79 Å². The molecule has 1 saturated carbocycles. The van der Waals surface area contributed by atoms with E-state index < -0.39 is 5.97 Å². The van der Waals surface area contributed by atoms with Gasteiger partial charge in [-0.25, -0.2) is 4.79 Å². The molecule has 1 fully saturated rings. The Morgan fingerprint density at radius 1 is 1.32 bits per heavy atom. The van der Waals surface area contributed by atoms with E-state index in [9.17, 15) is 9.59 Å². The van der Waals surface area contributed by atoms with Crippen LogP contribution in [0.5, 0.6) is 0 Å². The molecule has 1 aliphatic carbocycles. The maximum absolute atomic E-state index is 11.7. The lowest BCUT2D eigenvalue weighted by molar-refractivity contribution is -0.137. The summed E-state index contributed by atoms with van der Waals surface area (Å²) in [5.74, 6) is 0.134. The van der Waals surface area contributed by atoms with E-state index in [-0.39, 0.29) is 12.5 Å². The summed E-state index contributed by atoms with van der Waals surface area (Å²) in [4.78, 5) is 22.1. The van der Waals surface area contributed by atoms with E-state index in [1.54, 1.807) is 0 Å². The number of nitrogens with one attached hydrogen (secondary N) is 2. The van der Waals surface area contributed by atoms with E-state index in [0.29, 0.717) is 30.8 Å². The van der Waals surface area contributed by atoms with Crippen molar-refractivity contribution in [3.8, 4) is 0 Å². The highest BCUT2D eigenvalue weighted by Gasteiger charge is 2.24. The van der Waals surface area contributed by atoms with Crippen molar-refractivity contribution < 1.29 is 14.7 Å². The minimum Gasteiger partial charge on any atom is -0.481 e. The van der Waals surface area contributed by atoms with Gasteiger partial charge in [-0.15, -0.1) is 0 Å². The molecule has 3 atom stereocenters. The second-order valence-electron chi connectivity index (χ2n) is 5.74. The average Bonchev–Trinajstić information content (AvgIpc) is 2.72. The fourth-order valence-electron chi connectivity index (χ4n) is 2.53. The molecule has 5 heteroatoms. The van der Waals surface area contributed by atoms with Crippen LogP contribution >= 0.6 is 0 Å². The first-order valence-corrected chi connectivity index (χ1v) is 7.25. The summed E-state index contributed by atoms with van der Waals surface area (Å²) >= 11 is 0. The molecule has 0 heterocycles. The lowest BCUT2D eigenvalue weighted by Crippen LogP contribution is -2.43. The number of carboxylic acids is 1. The quantitative estimate of drug-likeness (QED) is 0.664. The molecule has 0 aromatic heterocycles. The van der Waals surface area contributed by atoms with Gasteiger partial charge in [-0.05, 0) is 37.5 Å². The van der Waals surface area contributed by atoms with Crippen molar-refractivity contribution in [2.45, 2.75) is 58.4 Å². The van der Waals surface area contributed by atoms with Crippen molar-refractivity contribution in [3.05, 3.63) is 0 Å². The Labute approximate surface area is 115 Å². The first-order valence-electron chi connectivity index (χ1n) is 7.25. The third kappa shape index (κ3) is 6.45. The normalized spacial score (nSPS) is 23.9. The first-order chi connectivity index (χ1) is 8.99.